The molecule has 0 unspecified atom stereocenters. The Morgan fingerprint density at radius 3 is 2.56 bits per heavy atom. The Hall–Kier alpha value is -2.01. The summed E-state index contributed by atoms with van der Waals surface area (Å²) in [6.07, 6.45) is 3.51. The third-order valence-corrected chi connectivity index (χ3v) is 2.71. The van der Waals surface area contributed by atoms with Gasteiger partial charge in [0.1, 0.15) is 0 Å². The third-order valence-electron chi connectivity index (χ3n) is 2.71. The van der Waals surface area contributed by atoms with Gasteiger partial charge in [0.2, 0.25) is 0 Å². The van der Waals surface area contributed by atoms with Crippen molar-refractivity contribution in [3.63, 3.8) is 0 Å². The van der Waals surface area contributed by atoms with E-state index in [1.807, 2.05) is 0 Å². The number of amides is 2. The fourth-order valence-corrected chi connectivity index (χ4v) is 1.68. The van der Waals surface area contributed by atoms with Crippen molar-refractivity contribution in [2.45, 2.75) is 12.8 Å². The first-order valence-electron chi connectivity index (χ1n) is 5.93. The second-order valence-electron chi connectivity index (χ2n) is 4.14. The Bertz CT molecular complexity index is 432. The molecule has 1 fully saturated rings. The number of ether oxygens (including phenoxy) is 1. The molecule has 1 aromatic carbocycles. The maximum absolute atomic E-state index is 11.6. The van der Waals surface area contributed by atoms with Crippen molar-refractivity contribution in [2.75, 3.05) is 24.3 Å². The lowest BCUT2D eigenvalue weighted by Gasteiger charge is -2.14. The van der Waals surface area contributed by atoms with Crippen molar-refractivity contribution in [1.29, 1.82) is 0 Å². The Morgan fingerprint density at radius 2 is 1.89 bits per heavy atom. The molecule has 1 aromatic rings. The van der Waals surface area contributed by atoms with Gasteiger partial charge in [-0.1, -0.05) is 0 Å². The van der Waals surface area contributed by atoms with Gasteiger partial charge in [0.05, 0.1) is 13.2 Å². The van der Waals surface area contributed by atoms with Crippen molar-refractivity contribution in [1.82, 2.24) is 5.32 Å². The quantitative estimate of drug-likeness (QED) is 0.700. The fraction of sp³-hybridized carbons (Fsp3) is 0.308. The average molecular weight is 247 g/mol. The van der Waals surface area contributed by atoms with E-state index in [1.165, 1.54) is 5.57 Å². The molecule has 5 nitrogen and oxygen atoms in total. The Kier molecular flexibility index (Phi) is 4.20. The minimum absolute atomic E-state index is 0.251. The highest BCUT2D eigenvalue weighted by Crippen LogP contribution is 2.12. The van der Waals surface area contributed by atoms with Crippen LogP contribution in [0, 0.1) is 0 Å². The predicted octanol–water partition coefficient (Wildman–Crippen LogP) is 2.08. The average Bonchev–Trinajstić information content (AvgIpc) is 2.40. The zero-order valence-corrected chi connectivity index (χ0v) is 10.1. The van der Waals surface area contributed by atoms with E-state index < -0.39 is 0 Å². The van der Waals surface area contributed by atoms with Crippen LogP contribution in [0.2, 0.25) is 0 Å². The van der Waals surface area contributed by atoms with Crippen LogP contribution >= 0.6 is 0 Å². The summed E-state index contributed by atoms with van der Waals surface area (Å²) in [5.74, 6) is 0. The largest absolute Gasteiger partial charge is 0.399 e. The molecule has 0 saturated carbocycles. The Morgan fingerprint density at radius 1 is 1.22 bits per heavy atom. The molecule has 0 radical (unpaired) electrons. The zero-order valence-electron chi connectivity index (χ0n) is 10.1. The second kappa shape index (κ2) is 6.07. The minimum atomic E-state index is -0.251. The van der Waals surface area contributed by atoms with E-state index in [4.69, 9.17) is 10.5 Å². The fourth-order valence-electron chi connectivity index (χ4n) is 1.68. The lowest BCUT2D eigenvalue weighted by atomic mass is 10.1. The molecule has 0 spiro atoms. The van der Waals surface area contributed by atoms with Crippen LogP contribution in [-0.2, 0) is 4.74 Å². The van der Waals surface area contributed by atoms with Gasteiger partial charge in [-0.05, 0) is 42.7 Å². The lowest BCUT2D eigenvalue weighted by Crippen LogP contribution is -2.25. The highest BCUT2D eigenvalue weighted by atomic mass is 16.5. The molecule has 1 saturated heterocycles. The summed E-state index contributed by atoms with van der Waals surface area (Å²) in [6.45, 7) is 1.46. The summed E-state index contributed by atoms with van der Waals surface area (Å²) in [4.78, 5) is 11.6. The smallest absolute Gasteiger partial charge is 0.323 e. The molecule has 4 N–H and O–H groups in total. The third kappa shape index (κ3) is 3.78. The van der Waals surface area contributed by atoms with Crippen LogP contribution < -0.4 is 16.4 Å². The number of nitrogens with one attached hydrogen (secondary N) is 2. The minimum Gasteiger partial charge on any atom is -0.399 e. The number of carbonyl (C=O) groups excluding carboxylic acids is 1. The molecule has 1 aliphatic heterocycles. The summed E-state index contributed by atoms with van der Waals surface area (Å²) >= 11 is 0. The standard InChI is InChI=1S/C13H17N3O2/c14-11-1-3-12(4-2-11)16-13(17)15-9-10-5-7-18-8-6-10/h1-4,9H,5-8,14H2,(H2,15,16,17). The molecule has 18 heavy (non-hydrogen) atoms. The van der Waals surface area contributed by atoms with Crippen molar-refractivity contribution >= 4 is 17.4 Å². The molecule has 0 bridgehead atoms. The molecule has 0 aromatic heterocycles. The van der Waals surface area contributed by atoms with Gasteiger partial charge >= 0.3 is 6.03 Å². The first-order chi connectivity index (χ1) is 8.74. The maximum atomic E-state index is 11.6. The topological polar surface area (TPSA) is 76.4 Å². The van der Waals surface area contributed by atoms with E-state index in [0.717, 1.165) is 26.1 Å². The first-order valence-corrected chi connectivity index (χ1v) is 5.93. The molecular weight excluding hydrogens is 230 g/mol. The number of nitrogens with two attached hydrogens (primary N) is 1. The molecule has 0 atom stereocenters. The van der Waals surface area contributed by atoms with Crippen LogP contribution in [0.15, 0.2) is 36.0 Å². The monoisotopic (exact) mass is 247 g/mol. The SMILES string of the molecule is Nc1ccc(NC(=O)NC=C2CCOCC2)cc1. The summed E-state index contributed by atoms with van der Waals surface area (Å²) in [7, 11) is 0. The van der Waals surface area contributed by atoms with Gasteiger partial charge in [-0.25, -0.2) is 4.79 Å². The molecule has 96 valence electrons. The number of rotatable bonds is 2. The van der Waals surface area contributed by atoms with Crippen LogP contribution in [0.3, 0.4) is 0 Å². The van der Waals surface area contributed by atoms with Crippen LogP contribution in [0.1, 0.15) is 12.8 Å². The molecule has 5 heteroatoms. The van der Waals surface area contributed by atoms with Gasteiger partial charge in [0.15, 0.2) is 0 Å². The highest BCUT2D eigenvalue weighted by molar-refractivity contribution is 5.90. The summed E-state index contributed by atoms with van der Waals surface area (Å²) < 4.78 is 5.23. The van der Waals surface area contributed by atoms with Gasteiger partial charge in [-0.15, -0.1) is 0 Å². The number of benzene rings is 1. The number of hydrogen-bond acceptors (Lipinski definition) is 3. The number of anilines is 2. The molecule has 2 amide bonds. The predicted molar refractivity (Wildman–Crippen MR) is 71.1 cm³/mol. The number of carbonyl (C=O) groups is 1. The van der Waals surface area contributed by atoms with E-state index in [1.54, 1.807) is 30.5 Å². The lowest BCUT2D eigenvalue weighted by molar-refractivity contribution is 0.119. The summed E-state index contributed by atoms with van der Waals surface area (Å²) in [5, 5.41) is 5.44. The second-order valence-corrected chi connectivity index (χ2v) is 4.14. The van der Waals surface area contributed by atoms with Crippen molar-refractivity contribution < 1.29 is 9.53 Å². The van der Waals surface area contributed by atoms with Gasteiger partial charge in [-0.2, -0.15) is 0 Å². The van der Waals surface area contributed by atoms with Crippen LogP contribution in [0.5, 0.6) is 0 Å². The summed E-state index contributed by atoms with van der Waals surface area (Å²) in [5.41, 5.74) is 8.15. The Balaban J connectivity index is 1.83. The Labute approximate surface area is 106 Å². The number of nitrogen functional groups attached to an aromatic ring is 1. The van der Waals surface area contributed by atoms with Gasteiger partial charge in [0, 0.05) is 17.6 Å². The molecule has 1 heterocycles. The normalized spacial score (nSPS) is 15.0. The molecular formula is C13H17N3O2. The first kappa shape index (κ1) is 12.4. The van der Waals surface area contributed by atoms with Crippen LogP contribution in [0.4, 0.5) is 16.2 Å². The molecule has 2 rings (SSSR count). The number of hydrogen-bond donors (Lipinski definition) is 3. The van der Waals surface area contributed by atoms with Crippen LogP contribution in [0.25, 0.3) is 0 Å². The zero-order chi connectivity index (χ0) is 12.8. The van der Waals surface area contributed by atoms with E-state index in [2.05, 4.69) is 10.6 Å². The van der Waals surface area contributed by atoms with E-state index in [0.29, 0.717) is 11.4 Å². The molecule has 1 aliphatic rings. The maximum Gasteiger partial charge on any atom is 0.323 e. The van der Waals surface area contributed by atoms with Crippen molar-refractivity contribution in [3.05, 3.63) is 36.0 Å². The van der Waals surface area contributed by atoms with Gasteiger partial charge in [0.25, 0.3) is 0 Å². The highest BCUT2D eigenvalue weighted by Gasteiger charge is 2.06. The summed E-state index contributed by atoms with van der Waals surface area (Å²) in [6, 6.07) is 6.75. The van der Waals surface area contributed by atoms with Gasteiger partial charge in [-0.3, -0.25) is 0 Å². The van der Waals surface area contributed by atoms with E-state index in [9.17, 15) is 4.79 Å². The van der Waals surface area contributed by atoms with Crippen molar-refractivity contribution in [2.24, 2.45) is 0 Å². The van der Waals surface area contributed by atoms with E-state index >= 15 is 0 Å². The molecule has 0 aliphatic carbocycles. The van der Waals surface area contributed by atoms with Crippen LogP contribution in [-0.4, -0.2) is 19.2 Å². The number of urea groups is 1. The van der Waals surface area contributed by atoms with E-state index in [-0.39, 0.29) is 6.03 Å². The van der Waals surface area contributed by atoms with Crippen molar-refractivity contribution in [3.8, 4) is 0 Å². The van der Waals surface area contributed by atoms with Gasteiger partial charge < -0.3 is 21.1 Å².